The molecule has 0 fully saturated rings. The Morgan fingerprint density at radius 1 is 1.47 bits per heavy atom. The molecule has 1 aromatic carbocycles. The molecule has 0 amide bonds. The molecular formula is C11H15BrClNO. The van der Waals surface area contributed by atoms with E-state index in [1.807, 2.05) is 32.3 Å². The number of rotatable bonds is 4. The summed E-state index contributed by atoms with van der Waals surface area (Å²) in [5, 5.41) is 0. The Morgan fingerprint density at radius 2 is 2.13 bits per heavy atom. The minimum absolute atomic E-state index is 0.166. The van der Waals surface area contributed by atoms with Gasteiger partial charge in [-0.1, -0.05) is 15.9 Å². The summed E-state index contributed by atoms with van der Waals surface area (Å²) in [4.78, 5) is 2.08. The molecule has 2 nitrogen and oxygen atoms in total. The number of nitrogens with zero attached hydrogens (tertiary/aromatic N) is 1. The minimum atomic E-state index is 0.166. The summed E-state index contributed by atoms with van der Waals surface area (Å²) in [6.45, 7) is 0. The largest absolute Gasteiger partial charge is 0.496 e. The average Bonchev–Trinajstić information content (AvgIpc) is 2.18. The number of alkyl halides is 1. The van der Waals surface area contributed by atoms with Crippen molar-refractivity contribution < 1.29 is 4.74 Å². The fourth-order valence-electron chi connectivity index (χ4n) is 1.46. The predicted molar refractivity (Wildman–Crippen MR) is 67.8 cm³/mol. The van der Waals surface area contributed by atoms with Crippen molar-refractivity contribution in [1.82, 2.24) is 4.90 Å². The van der Waals surface area contributed by atoms with E-state index < -0.39 is 0 Å². The lowest BCUT2D eigenvalue weighted by Crippen LogP contribution is -2.21. The highest BCUT2D eigenvalue weighted by molar-refractivity contribution is 9.10. The number of hydrogen-bond donors (Lipinski definition) is 0. The first-order chi connectivity index (χ1) is 7.10. The first-order valence-corrected chi connectivity index (χ1v) is 5.98. The van der Waals surface area contributed by atoms with Crippen molar-refractivity contribution in [2.24, 2.45) is 0 Å². The topological polar surface area (TPSA) is 12.5 Å². The number of benzene rings is 1. The second kappa shape index (κ2) is 5.73. The molecule has 1 atom stereocenters. The fraction of sp³-hybridized carbons (Fsp3) is 0.455. The molecule has 0 aliphatic rings. The van der Waals surface area contributed by atoms with Gasteiger partial charge in [0.1, 0.15) is 5.75 Å². The van der Waals surface area contributed by atoms with E-state index in [1.54, 1.807) is 7.11 Å². The number of ether oxygens (including phenoxy) is 1. The van der Waals surface area contributed by atoms with Crippen molar-refractivity contribution in [2.45, 2.75) is 6.04 Å². The molecule has 0 saturated carbocycles. The smallest absolute Gasteiger partial charge is 0.123 e. The normalized spacial score (nSPS) is 12.9. The standard InChI is InChI=1S/C11H15BrClNO/c1-14(2)10(7-13)9-6-8(12)4-5-11(9)15-3/h4-6,10H,7H2,1-3H3. The summed E-state index contributed by atoms with van der Waals surface area (Å²) < 4.78 is 6.36. The molecule has 15 heavy (non-hydrogen) atoms. The van der Waals surface area contributed by atoms with Crippen LogP contribution in [0.3, 0.4) is 0 Å². The van der Waals surface area contributed by atoms with E-state index in [2.05, 4.69) is 20.8 Å². The van der Waals surface area contributed by atoms with Crippen LogP contribution in [-0.4, -0.2) is 32.0 Å². The van der Waals surface area contributed by atoms with E-state index in [0.717, 1.165) is 15.8 Å². The second-order valence-corrected chi connectivity index (χ2v) is 4.74. The molecular weight excluding hydrogens is 277 g/mol. The van der Waals surface area contributed by atoms with Crippen molar-refractivity contribution in [3.05, 3.63) is 28.2 Å². The molecule has 0 aliphatic carbocycles. The lowest BCUT2D eigenvalue weighted by atomic mass is 10.1. The summed E-state index contributed by atoms with van der Waals surface area (Å²) >= 11 is 9.42. The Morgan fingerprint density at radius 3 is 2.60 bits per heavy atom. The molecule has 0 aromatic heterocycles. The average molecular weight is 293 g/mol. The van der Waals surface area contributed by atoms with Gasteiger partial charge in [0.2, 0.25) is 0 Å². The maximum atomic E-state index is 5.97. The number of halogens is 2. The molecule has 0 saturated heterocycles. The maximum Gasteiger partial charge on any atom is 0.123 e. The molecule has 0 heterocycles. The van der Waals surface area contributed by atoms with Crippen molar-refractivity contribution in [1.29, 1.82) is 0 Å². The van der Waals surface area contributed by atoms with Crippen molar-refractivity contribution >= 4 is 27.5 Å². The lowest BCUT2D eigenvalue weighted by Gasteiger charge is -2.24. The third-order valence-corrected chi connectivity index (χ3v) is 3.11. The summed E-state index contributed by atoms with van der Waals surface area (Å²) in [6, 6.07) is 6.12. The van der Waals surface area contributed by atoms with Crippen LogP contribution in [0.15, 0.2) is 22.7 Å². The zero-order chi connectivity index (χ0) is 11.4. The predicted octanol–water partition coefficient (Wildman–Crippen LogP) is 3.30. The lowest BCUT2D eigenvalue weighted by molar-refractivity contribution is 0.311. The van der Waals surface area contributed by atoms with Crippen LogP contribution in [0, 0.1) is 0 Å². The zero-order valence-corrected chi connectivity index (χ0v) is 11.5. The Balaban J connectivity index is 3.13. The van der Waals surface area contributed by atoms with Crippen LogP contribution in [-0.2, 0) is 0 Å². The van der Waals surface area contributed by atoms with Gasteiger partial charge in [0.05, 0.1) is 13.2 Å². The Labute approximate surface area is 104 Å². The molecule has 84 valence electrons. The van der Waals surface area contributed by atoms with Gasteiger partial charge < -0.3 is 9.64 Å². The maximum absolute atomic E-state index is 5.97. The monoisotopic (exact) mass is 291 g/mol. The van der Waals surface area contributed by atoms with E-state index >= 15 is 0 Å². The Kier molecular flexibility index (Phi) is 4.90. The molecule has 1 rings (SSSR count). The molecule has 1 unspecified atom stereocenters. The molecule has 0 N–H and O–H groups in total. The Bertz CT molecular complexity index is 330. The van der Waals surface area contributed by atoms with Crippen molar-refractivity contribution in [3.8, 4) is 5.75 Å². The molecule has 4 heteroatoms. The molecule has 0 radical (unpaired) electrons. The van der Waals surface area contributed by atoms with E-state index in [1.165, 1.54) is 0 Å². The second-order valence-electron chi connectivity index (χ2n) is 3.52. The van der Waals surface area contributed by atoms with Gasteiger partial charge in [-0.3, -0.25) is 0 Å². The van der Waals surface area contributed by atoms with Gasteiger partial charge in [-0.25, -0.2) is 0 Å². The highest BCUT2D eigenvalue weighted by atomic mass is 79.9. The summed E-state index contributed by atoms with van der Waals surface area (Å²) in [5.41, 5.74) is 1.10. The summed E-state index contributed by atoms with van der Waals surface area (Å²) in [7, 11) is 5.69. The first-order valence-electron chi connectivity index (χ1n) is 4.66. The van der Waals surface area contributed by atoms with E-state index in [-0.39, 0.29) is 6.04 Å². The van der Waals surface area contributed by atoms with Crippen molar-refractivity contribution in [3.63, 3.8) is 0 Å². The van der Waals surface area contributed by atoms with Gasteiger partial charge >= 0.3 is 0 Å². The van der Waals surface area contributed by atoms with Crippen LogP contribution < -0.4 is 4.74 Å². The quantitative estimate of drug-likeness (QED) is 0.790. The first kappa shape index (κ1) is 12.8. The van der Waals surface area contributed by atoms with Crippen LogP contribution in [0.4, 0.5) is 0 Å². The molecule has 0 spiro atoms. The van der Waals surface area contributed by atoms with E-state index in [4.69, 9.17) is 16.3 Å². The van der Waals surface area contributed by atoms with Gasteiger partial charge in [-0.05, 0) is 32.3 Å². The van der Waals surface area contributed by atoms with Gasteiger partial charge in [0.15, 0.2) is 0 Å². The van der Waals surface area contributed by atoms with Crippen LogP contribution in [0.1, 0.15) is 11.6 Å². The highest BCUT2D eigenvalue weighted by Crippen LogP contribution is 2.31. The highest BCUT2D eigenvalue weighted by Gasteiger charge is 2.17. The summed E-state index contributed by atoms with van der Waals surface area (Å²) in [6.07, 6.45) is 0. The van der Waals surface area contributed by atoms with Gasteiger partial charge in [-0.15, -0.1) is 11.6 Å². The number of methoxy groups -OCH3 is 1. The van der Waals surface area contributed by atoms with Crippen LogP contribution in [0.25, 0.3) is 0 Å². The number of hydrogen-bond acceptors (Lipinski definition) is 2. The van der Waals surface area contributed by atoms with Gasteiger partial charge in [-0.2, -0.15) is 0 Å². The molecule has 1 aromatic rings. The van der Waals surface area contributed by atoms with Gasteiger partial charge in [0.25, 0.3) is 0 Å². The third-order valence-electron chi connectivity index (χ3n) is 2.32. The Hall–Kier alpha value is -0.250. The molecule has 0 bridgehead atoms. The van der Waals surface area contributed by atoms with Crippen LogP contribution >= 0.6 is 27.5 Å². The molecule has 0 aliphatic heterocycles. The van der Waals surface area contributed by atoms with Crippen LogP contribution in [0.2, 0.25) is 0 Å². The summed E-state index contributed by atoms with van der Waals surface area (Å²) in [5.74, 6) is 1.41. The third kappa shape index (κ3) is 3.10. The minimum Gasteiger partial charge on any atom is -0.496 e. The van der Waals surface area contributed by atoms with E-state index in [9.17, 15) is 0 Å². The van der Waals surface area contributed by atoms with Crippen molar-refractivity contribution in [2.75, 3.05) is 27.1 Å². The van der Waals surface area contributed by atoms with E-state index in [0.29, 0.717) is 5.88 Å². The van der Waals surface area contributed by atoms with Gasteiger partial charge in [0, 0.05) is 15.9 Å². The fourth-order valence-corrected chi connectivity index (χ4v) is 2.29. The SMILES string of the molecule is COc1ccc(Br)cc1C(CCl)N(C)C. The zero-order valence-electron chi connectivity index (χ0n) is 9.13. The van der Waals surface area contributed by atoms with Crippen LogP contribution in [0.5, 0.6) is 5.75 Å².